The minimum Gasteiger partial charge on any atom is -0.373 e. The average Bonchev–Trinajstić information content (AvgIpc) is 3.43. The van der Waals surface area contributed by atoms with Crippen molar-refractivity contribution >= 4 is 11.4 Å². The van der Waals surface area contributed by atoms with Crippen molar-refractivity contribution in [2.24, 2.45) is 11.8 Å². The Morgan fingerprint density at radius 3 is 2.06 bits per heavy atom. The number of nitrogens with zero attached hydrogens (tertiary/aromatic N) is 2. The predicted molar refractivity (Wildman–Crippen MR) is 128 cm³/mol. The normalized spacial score (nSPS) is 24.4. The first-order chi connectivity index (χ1) is 16.3. The van der Waals surface area contributed by atoms with Crippen molar-refractivity contribution in [1.29, 1.82) is 0 Å². The topological polar surface area (TPSA) is 27.7 Å². The molecular formula is C27H32F3N3O. The molecule has 3 aliphatic rings. The fourth-order valence-electron chi connectivity index (χ4n) is 5.88. The zero-order valence-corrected chi connectivity index (χ0v) is 19.6. The highest BCUT2D eigenvalue weighted by Crippen LogP contribution is 2.39. The first-order valence-electron chi connectivity index (χ1n) is 12.0. The van der Waals surface area contributed by atoms with Crippen LogP contribution in [0.15, 0.2) is 55.1 Å². The van der Waals surface area contributed by atoms with Gasteiger partial charge >= 0.3 is 6.18 Å². The second-order valence-corrected chi connectivity index (χ2v) is 9.85. The van der Waals surface area contributed by atoms with Crippen LogP contribution in [0.3, 0.4) is 0 Å². The van der Waals surface area contributed by atoms with Crippen molar-refractivity contribution in [1.82, 2.24) is 10.2 Å². The number of hydrogen-bond acceptors (Lipinski definition) is 4. The summed E-state index contributed by atoms with van der Waals surface area (Å²) >= 11 is 0. The molecule has 0 aliphatic carbocycles. The van der Waals surface area contributed by atoms with Gasteiger partial charge in [-0.25, -0.2) is 0 Å². The second-order valence-electron chi connectivity index (χ2n) is 9.85. The molecule has 0 amide bonds. The van der Waals surface area contributed by atoms with Gasteiger partial charge in [-0.15, -0.1) is 0 Å². The van der Waals surface area contributed by atoms with E-state index in [9.17, 15) is 13.2 Å². The Hall–Kier alpha value is -2.51. The van der Waals surface area contributed by atoms with E-state index < -0.39 is 11.7 Å². The van der Waals surface area contributed by atoms with Crippen molar-refractivity contribution in [2.45, 2.75) is 24.6 Å². The molecule has 0 aromatic heterocycles. The maximum atomic E-state index is 12.9. The Bertz CT molecular complexity index is 999. The molecule has 34 heavy (non-hydrogen) atoms. The maximum absolute atomic E-state index is 12.9. The van der Waals surface area contributed by atoms with Crippen LogP contribution in [0.2, 0.25) is 0 Å². The Labute approximate surface area is 199 Å². The van der Waals surface area contributed by atoms with E-state index in [-0.39, 0.29) is 5.60 Å². The number of rotatable bonds is 5. The van der Waals surface area contributed by atoms with Crippen LogP contribution in [0.1, 0.15) is 29.5 Å². The lowest BCUT2D eigenvalue weighted by molar-refractivity contribution is -0.137. The van der Waals surface area contributed by atoms with Gasteiger partial charge in [0, 0.05) is 56.5 Å². The quantitative estimate of drug-likeness (QED) is 0.667. The largest absolute Gasteiger partial charge is 0.416 e. The number of ether oxygens (including phenoxy) is 1. The Morgan fingerprint density at radius 2 is 1.53 bits per heavy atom. The predicted octanol–water partition coefficient (Wildman–Crippen LogP) is 4.97. The van der Waals surface area contributed by atoms with Gasteiger partial charge in [0.1, 0.15) is 0 Å². The zero-order chi connectivity index (χ0) is 23.9. The molecule has 0 bridgehead atoms. The summed E-state index contributed by atoms with van der Waals surface area (Å²) < 4.78 is 44.5. The molecule has 0 saturated carbocycles. The SMILES string of the molecule is C=C(c1ccc(C2(OC)CCNCC2)cc1)N1CC2CN(c3ccc(C(F)(F)F)cc3)CC2C1. The summed E-state index contributed by atoms with van der Waals surface area (Å²) in [5.41, 5.74) is 3.45. The van der Waals surface area contributed by atoms with Crippen LogP contribution in [0.5, 0.6) is 0 Å². The molecule has 2 unspecified atom stereocenters. The summed E-state index contributed by atoms with van der Waals surface area (Å²) in [4.78, 5) is 4.58. The first kappa shape index (κ1) is 23.2. The third-order valence-electron chi connectivity index (χ3n) is 7.97. The van der Waals surface area contributed by atoms with E-state index in [0.717, 1.165) is 69.1 Å². The van der Waals surface area contributed by atoms with Gasteiger partial charge in [-0.3, -0.25) is 0 Å². The molecule has 5 rings (SSSR count). The first-order valence-corrected chi connectivity index (χ1v) is 12.0. The number of alkyl halides is 3. The summed E-state index contributed by atoms with van der Waals surface area (Å²) in [5.74, 6) is 0.981. The molecular weight excluding hydrogens is 439 g/mol. The number of anilines is 1. The van der Waals surface area contributed by atoms with Crippen molar-refractivity contribution in [3.63, 3.8) is 0 Å². The summed E-state index contributed by atoms with van der Waals surface area (Å²) in [7, 11) is 1.80. The summed E-state index contributed by atoms with van der Waals surface area (Å²) in [6.07, 6.45) is -2.36. The van der Waals surface area contributed by atoms with E-state index in [1.54, 1.807) is 19.2 Å². The van der Waals surface area contributed by atoms with Gasteiger partial charge < -0.3 is 19.9 Å². The van der Waals surface area contributed by atoms with Crippen LogP contribution in [0.25, 0.3) is 5.70 Å². The molecule has 1 N–H and O–H groups in total. The van der Waals surface area contributed by atoms with Crippen LogP contribution in [-0.2, 0) is 16.5 Å². The highest BCUT2D eigenvalue weighted by molar-refractivity contribution is 5.63. The van der Waals surface area contributed by atoms with Gasteiger partial charge in [-0.05, 0) is 61.3 Å². The Kier molecular flexibility index (Phi) is 6.10. The monoisotopic (exact) mass is 471 g/mol. The number of likely N-dealkylation sites (tertiary alicyclic amines) is 1. The lowest BCUT2D eigenvalue weighted by Crippen LogP contribution is -2.41. The van der Waals surface area contributed by atoms with Crippen LogP contribution in [-0.4, -0.2) is 51.3 Å². The van der Waals surface area contributed by atoms with Crippen molar-refractivity contribution in [2.75, 3.05) is 51.3 Å². The van der Waals surface area contributed by atoms with Gasteiger partial charge in [0.15, 0.2) is 0 Å². The molecule has 182 valence electrons. The molecule has 2 atom stereocenters. The summed E-state index contributed by atoms with van der Waals surface area (Å²) in [5, 5.41) is 3.40. The highest BCUT2D eigenvalue weighted by atomic mass is 19.4. The van der Waals surface area contributed by atoms with E-state index in [1.807, 2.05) is 0 Å². The smallest absolute Gasteiger partial charge is 0.373 e. The second kappa shape index (κ2) is 8.93. The molecule has 3 saturated heterocycles. The molecule has 2 aromatic carbocycles. The lowest BCUT2D eigenvalue weighted by Gasteiger charge is -2.37. The van der Waals surface area contributed by atoms with Crippen LogP contribution in [0.4, 0.5) is 18.9 Å². The van der Waals surface area contributed by atoms with Gasteiger partial charge in [-0.2, -0.15) is 13.2 Å². The fourth-order valence-corrected chi connectivity index (χ4v) is 5.88. The minimum atomic E-state index is -4.29. The van der Waals surface area contributed by atoms with E-state index in [2.05, 4.69) is 46.0 Å². The van der Waals surface area contributed by atoms with Crippen LogP contribution < -0.4 is 10.2 Å². The summed E-state index contributed by atoms with van der Waals surface area (Å²) in [6.45, 7) is 9.89. The minimum absolute atomic E-state index is 0.211. The molecule has 2 aromatic rings. The molecule has 7 heteroatoms. The van der Waals surface area contributed by atoms with E-state index in [1.165, 1.54) is 17.7 Å². The lowest BCUT2D eigenvalue weighted by atomic mass is 9.84. The van der Waals surface area contributed by atoms with Gasteiger partial charge in [0.05, 0.1) is 11.2 Å². The van der Waals surface area contributed by atoms with E-state index in [4.69, 9.17) is 4.74 Å². The van der Waals surface area contributed by atoms with Gasteiger partial charge in [-0.1, -0.05) is 30.8 Å². The Morgan fingerprint density at radius 1 is 0.941 bits per heavy atom. The summed E-state index contributed by atoms with van der Waals surface area (Å²) in [6, 6.07) is 14.2. The van der Waals surface area contributed by atoms with Gasteiger partial charge in [0.25, 0.3) is 0 Å². The number of methoxy groups -OCH3 is 1. The number of benzene rings is 2. The number of piperidine rings is 1. The Balaban J connectivity index is 1.20. The van der Waals surface area contributed by atoms with Crippen molar-refractivity contribution in [3.8, 4) is 0 Å². The average molecular weight is 472 g/mol. The van der Waals surface area contributed by atoms with Crippen LogP contribution >= 0.6 is 0 Å². The molecule has 3 heterocycles. The fraction of sp³-hybridized carbons (Fsp3) is 0.481. The molecule has 3 aliphatic heterocycles. The van der Waals surface area contributed by atoms with E-state index >= 15 is 0 Å². The standard InChI is InChI=1S/C27H32F3N3O/c1-19(20-3-5-23(6-4-20)26(34-2)11-13-31-14-12-26)32-15-21-17-33(18-22(21)16-32)25-9-7-24(8-10-25)27(28,29)30/h3-10,21-22,31H,1,11-18H2,2H3. The number of hydrogen-bond donors (Lipinski definition) is 1. The maximum Gasteiger partial charge on any atom is 0.416 e. The van der Waals surface area contributed by atoms with Crippen molar-refractivity contribution < 1.29 is 17.9 Å². The highest BCUT2D eigenvalue weighted by Gasteiger charge is 2.41. The molecule has 0 spiro atoms. The van der Waals surface area contributed by atoms with Crippen molar-refractivity contribution in [3.05, 3.63) is 71.8 Å². The molecule has 0 radical (unpaired) electrons. The van der Waals surface area contributed by atoms with Gasteiger partial charge in [0.2, 0.25) is 0 Å². The molecule has 3 fully saturated rings. The third kappa shape index (κ3) is 4.31. The third-order valence-corrected chi connectivity index (χ3v) is 7.97. The number of nitrogens with one attached hydrogen (secondary N) is 1. The van der Waals surface area contributed by atoms with E-state index in [0.29, 0.717) is 11.8 Å². The molecule has 4 nitrogen and oxygen atoms in total. The number of halogens is 3. The zero-order valence-electron chi connectivity index (χ0n) is 19.6. The number of fused-ring (bicyclic) bond motifs is 1. The van der Waals surface area contributed by atoms with Crippen LogP contribution in [0, 0.1) is 11.8 Å².